The summed E-state index contributed by atoms with van der Waals surface area (Å²) in [6, 6.07) is 20.6. The van der Waals surface area contributed by atoms with Gasteiger partial charge in [-0.15, -0.1) is 0 Å². The molecule has 1 fully saturated rings. The third-order valence-corrected chi connectivity index (χ3v) is 7.38. The molecule has 3 aromatic carbocycles. The fourth-order valence-electron chi connectivity index (χ4n) is 5.30. The van der Waals surface area contributed by atoms with Gasteiger partial charge in [-0.2, -0.15) is 0 Å². The van der Waals surface area contributed by atoms with Crippen LogP contribution in [0.25, 0.3) is 0 Å². The standard InChI is InChI=1S/C31H37N3O6/c1-37-15-2-13-34-14-16-38-28-12-3-21(17-26(28)34)20-39-29-19-33-18-27(35)30(29)22-4-8-24(9-5-22)40-25-10-6-23(7-11-25)31(32)36/h3-12,17,27,29-30,33,35H,2,13-16,18-20H2,1H3,(H2,32,36). The van der Waals surface area contributed by atoms with Crippen LogP contribution in [0.2, 0.25) is 0 Å². The van der Waals surface area contributed by atoms with Gasteiger partial charge in [-0.05, 0) is 66.1 Å². The van der Waals surface area contributed by atoms with Crippen LogP contribution < -0.4 is 25.4 Å². The lowest BCUT2D eigenvalue weighted by atomic mass is 9.85. The second kappa shape index (κ2) is 13.1. The number of anilines is 1. The van der Waals surface area contributed by atoms with E-state index in [0.29, 0.717) is 43.4 Å². The summed E-state index contributed by atoms with van der Waals surface area (Å²) in [5.41, 5.74) is 8.87. The smallest absolute Gasteiger partial charge is 0.248 e. The molecule has 4 N–H and O–H groups in total. The Morgan fingerprint density at radius 3 is 2.55 bits per heavy atom. The third-order valence-electron chi connectivity index (χ3n) is 7.38. The first kappa shape index (κ1) is 27.9. The van der Waals surface area contributed by atoms with Crippen LogP contribution in [0, 0.1) is 0 Å². The van der Waals surface area contributed by atoms with E-state index in [1.165, 1.54) is 0 Å². The van der Waals surface area contributed by atoms with Gasteiger partial charge in [0.05, 0.1) is 31.0 Å². The van der Waals surface area contributed by atoms with E-state index in [-0.39, 0.29) is 12.0 Å². The number of hydrogen-bond acceptors (Lipinski definition) is 8. The van der Waals surface area contributed by atoms with Crippen LogP contribution in [0.15, 0.2) is 66.7 Å². The van der Waals surface area contributed by atoms with Crippen molar-refractivity contribution in [2.75, 3.05) is 51.4 Å². The van der Waals surface area contributed by atoms with Gasteiger partial charge in [0.15, 0.2) is 0 Å². The van der Waals surface area contributed by atoms with E-state index in [2.05, 4.69) is 16.3 Å². The van der Waals surface area contributed by atoms with Gasteiger partial charge in [-0.1, -0.05) is 18.2 Å². The van der Waals surface area contributed by atoms with E-state index in [9.17, 15) is 9.90 Å². The predicted molar refractivity (Wildman–Crippen MR) is 152 cm³/mol. The Hall–Kier alpha value is -3.63. The minimum atomic E-state index is -0.583. The van der Waals surface area contributed by atoms with E-state index < -0.39 is 12.0 Å². The van der Waals surface area contributed by atoms with Crippen molar-refractivity contribution in [2.24, 2.45) is 5.73 Å². The minimum absolute atomic E-state index is 0.184. The number of carbonyl (C=O) groups excluding carboxylic acids is 1. The van der Waals surface area contributed by atoms with E-state index in [0.717, 1.165) is 48.7 Å². The minimum Gasteiger partial charge on any atom is -0.490 e. The number of β-amino-alcohol motifs (C(OH)–C–C–N with tert-alkyl or cyclic N) is 1. The number of fused-ring (bicyclic) bond motifs is 1. The number of ether oxygens (including phenoxy) is 4. The molecule has 0 saturated carbocycles. The maximum atomic E-state index is 11.3. The Morgan fingerprint density at radius 1 is 1.07 bits per heavy atom. The van der Waals surface area contributed by atoms with Gasteiger partial charge in [0.25, 0.3) is 0 Å². The monoisotopic (exact) mass is 547 g/mol. The Morgan fingerprint density at radius 2 is 1.82 bits per heavy atom. The van der Waals surface area contributed by atoms with Crippen LogP contribution in [0.5, 0.6) is 17.2 Å². The van der Waals surface area contributed by atoms with Crippen molar-refractivity contribution in [2.45, 2.75) is 31.2 Å². The van der Waals surface area contributed by atoms with Crippen LogP contribution in [-0.2, 0) is 16.1 Å². The zero-order valence-electron chi connectivity index (χ0n) is 22.8. The van der Waals surface area contributed by atoms with Gasteiger partial charge in [0.2, 0.25) is 5.91 Å². The maximum absolute atomic E-state index is 11.3. The quantitative estimate of drug-likeness (QED) is 0.313. The summed E-state index contributed by atoms with van der Waals surface area (Å²) in [6.07, 6.45) is 0.164. The predicted octanol–water partition coefficient (Wildman–Crippen LogP) is 3.45. The molecule has 2 aliphatic rings. The number of amides is 1. The Bertz CT molecular complexity index is 1270. The highest BCUT2D eigenvalue weighted by Crippen LogP contribution is 2.34. The zero-order chi connectivity index (χ0) is 27.9. The Kier molecular flexibility index (Phi) is 9.18. The van der Waals surface area contributed by atoms with Gasteiger partial charge in [0, 0.05) is 44.8 Å². The van der Waals surface area contributed by atoms with E-state index >= 15 is 0 Å². The molecule has 9 nitrogen and oxygen atoms in total. The lowest BCUT2D eigenvalue weighted by Crippen LogP contribution is -2.49. The summed E-state index contributed by atoms with van der Waals surface area (Å²) >= 11 is 0. The molecule has 0 aliphatic carbocycles. The number of piperidine rings is 1. The number of aliphatic hydroxyl groups excluding tert-OH is 1. The van der Waals surface area contributed by atoms with Crippen LogP contribution in [0.1, 0.15) is 33.8 Å². The summed E-state index contributed by atoms with van der Waals surface area (Å²) in [6.45, 7) is 4.73. The van der Waals surface area contributed by atoms with Crippen molar-refractivity contribution in [3.8, 4) is 17.2 Å². The molecule has 0 bridgehead atoms. The molecule has 3 unspecified atom stereocenters. The second-order valence-electron chi connectivity index (χ2n) is 10.1. The number of primary amides is 1. The van der Waals surface area contributed by atoms with Crippen molar-refractivity contribution >= 4 is 11.6 Å². The number of rotatable bonds is 11. The SMILES string of the molecule is COCCCN1CCOc2ccc(COC3CNCC(O)C3c3ccc(Oc4ccc(C(N)=O)cc4)cc3)cc21. The first-order valence-electron chi connectivity index (χ1n) is 13.7. The van der Waals surface area contributed by atoms with Crippen molar-refractivity contribution in [3.05, 3.63) is 83.4 Å². The Balaban J connectivity index is 1.24. The number of nitrogens with one attached hydrogen (secondary N) is 1. The Labute approximate surface area is 234 Å². The summed E-state index contributed by atoms with van der Waals surface area (Å²) in [5.74, 6) is 1.49. The number of hydrogen-bond donors (Lipinski definition) is 3. The number of nitrogens with zero attached hydrogens (tertiary/aromatic N) is 1. The van der Waals surface area contributed by atoms with Gasteiger partial charge < -0.3 is 40.0 Å². The number of benzene rings is 3. The fraction of sp³-hybridized carbons (Fsp3) is 0.387. The lowest BCUT2D eigenvalue weighted by Gasteiger charge is -2.36. The van der Waals surface area contributed by atoms with Crippen molar-refractivity contribution in [1.29, 1.82) is 0 Å². The average molecular weight is 548 g/mol. The molecule has 3 aromatic rings. The number of aliphatic hydroxyl groups is 1. The van der Waals surface area contributed by atoms with Crippen LogP contribution >= 0.6 is 0 Å². The van der Waals surface area contributed by atoms with Crippen molar-refractivity contribution in [1.82, 2.24) is 5.32 Å². The largest absolute Gasteiger partial charge is 0.490 e. The van der Waals surface area contributed by atoms with E-state index in [1.54, 1.807) is 31.4 Å². The second-order valence-corrected chi connectivity index (χ2v) is 10.1. The topological polar surface area (TPSA) is 116 Å². The van der Waals surface area contributed by atoms with Crippen molar-refractivity contribution in [3.63, 3.8) is 0 Å². The van der Waals surface area contributed by atoms with Crippen molar-refractivity contribution < 1.29 is 28.8 Å². The molecule has 40 heavy (non-hydrogen) atoms. The normalized spacial score (nSPS) is 20.4. The highest BCUT2D eigenvalue weighted by atomic mass is 16.5. The molecule has 5 rings (SSSR count). The summed E-state index contributed by atoms with van der Waals surface area (Å²) < 4.78 is 23.4. The first-order chi connectivity index (χ1) is 19.5. The number of methoxy groups -OCH3 is 1. The molecule has 2 aliphatic heterocycles. The highest BCUT2D eigenvalue weighted by Gasteiger charge is 2.34. The lowest BCUT2D eigenvalue weighted by molar-refractivity contribution is -0.0328. The molecular weight excluding hydrogens is 510 g/mol. The van der Waals surface area contributed by atoms with Gasteiger partial charge in [-0.3, -0.25) is 4.79 Å². The molecule has 1 saturated heterocycles. The van der Waals surface area contributed by atoms with Gasteiger partial charge in [-0.25, -0.2) is 0 Å². The molecular formula is C31H37N3O6. The maximum Gasteiger partial charge on any atom is 0.248 e. The van der Waals surface area contributed by atoms with E-state index in [4.69, 9.17) is 24.7 Å². The fourth-order valence-corrected chi connectivity index (χ4v) is 5.30. The molecule has 0 radical (unpaired) electrons. The molecule has 212 valence electrons. The van der Waals surface area contributed by atoms with Gasteiger partial charge in [0.1, 0.15) is 23.9 Å². The van der Waals surface area contributed by atoms with E-state index in [1.807, 2.05) is 36.4 Å². The first-order valence-corrected chi connectivity index (χ1v) is 13.7. The number of carbonyl (C=O) groups is 1. The zero-order valence-corrected chi connectivity index (χ0v) is 22.8. The van der Waals surface area contributed by atoms with Crippen LogP contribution in [-0.4, -0.2) is 69.7 Å². The highest BCUT2D eigenvalue weighted by molar-refractivity contribution is 5.92. The van der Waals surface area contributed by atoms with Gasteiger partial charge >= 0.3 is 0 Å². The molecule has 0 aromatic heterocycles. The molecule has 0 spiro atoms. The number of nitrogens with two attached hydrogens (primary N) is 1. The third kappa shape index (κ3) is 6.74. The molecule has 2 heterocycles. The summed E-state index contributed by atoms with van der Waals surface area (Å²) in [7, 11) is 1.73. The molecule has 3 atom stereocenters. The van der Waals surface area contributed by atoms with Crippen LogP contribution in [0.4, 0.5) is 5.69 Å². The molecule has 9 heteroatoms. The average Bonchev–Trinajstić information content (AvgIpc) is 2.97. The van der Waals surface area contributed by atoms with Crippen LogP contribution in [0.3, 0.4) is 0 Å². The molecule has 1 amide bonds. The summed E-state index contributed by atoms with van der Waals surface area (Å²) in [4.78, 5) is 13.6. The summed E-state index contributed by atoms with van der Waals surface area (Å²) in [5, 5.41) is 14.2.